The number of carbonyl (C=O) groups excluding carboxylic acids is 1. The minimum Gasteiger partial charge on any atom is -0.502 e. The summed E-state index contributed by atoms with van der Waals surface area (Å²) in [6, 6.07) is 4.17. The summed E-state index contributed by atoms with van der Waals surface area (Å²) in [5.41, 5.74) is -1.08. The number of hydrogen-bond donors (Lipinski definition) is 3. The van der Waals surface area contributed by atoms with Gasteiger partial charge in [-0.3, -0.25) is 14.9 Å². The first-order valence-electron chi connectivity index (χ1n) is 9.12. The summed E-state index contributed by atoms with van der Waals surface area (Å²) < 4.78 is 0. The molecule has 0 unspecified atom stereocenters. The molecule has 2 rings (SSSR count). The van der Waals surface area contributed by atoms with Crippen molar-refractivity contribution in [1.29, 1.82) is 0 Å². The van der Waals surface area contributed by atoms with Crippen LogP contribution in [0.15, 0.2) is 18.2 Å². The van der Waals surface area contributed by atoms with Gasteiger partial charge in [0.2, 0.25) is 0 Å². The van der Waals surface area contributed by atoms with Crippen LogP contribution in [-0.2, 0) is 11.2 Å². The van der Waals surface area contributed by atoms with Gasteiger partial charge >= 0.3 is 5.69 Å². The topological polar surface area (TPSA) is 113 Å². The molecule has 0 aromatic heterocycles. The maximum Gasteiger partial charge on any atom is 0.310 e. The standard InChI is InChI=1S/C19H28N2O5/c1-12(2)15-6-4-13(3)11-19(15,24)18(23)20-9-8-14-5-7-17(22)16(10-14)21(25)26/h5,7,10,12-13,15,22,24H,4,6,8-9,11H2,1-3H3,(H,20,23)/t13-,15+,19+/m1/s1. The van der Waals surface area contributed by atoms with E-state index >= 15 is 0 Å². The fourth-order valence-electron chi connectivity index (χ4n) is 3.98. The highest BCUT2D eigenvalue weighted by Crippen LogP contribution is 2.41. The Morgan fingerprint density at radius 2 is 2.12 bits per heavy atom. The maximum absolute atomic E-state index is 12.7. The molecule has 0 radical (unpaired) electrons. The smallest absolute Gasteiger partial charge is 0.310 e. The van der Waals surface area contributed by atoms with Gasteiger partial charge in [-0.2, -0.15) is 0 Å². The van der Waals surface area contributed by atoms with Crippen LogP contribution in [0.25, 0.3) is 0 Å². The highest BCUT2D eigenvalue weighted by molar-refractivity contribution is 5.85. The van der Waals surface area contributed by atoms with Gasteiger partial charge in [-0.1, -0.05) is 33.3 Å². The number of amides is 1. The first-order valence-corrected chi connectivity index (χ1v) is 9.12. The van der Waals surface area contributed by atoms with Crippen LogP contribution in [0, 0.1) is 27.9 Å². The molecule has 7 nitrogen and oxygen atoms in total. The summed E-state index contributed by atoms with van der Waals surface area (Å²) in [6.07, 6.45) is 2.67. The first kappa shape index (κ1) is 20.2. The molecule has 0 bridgehead atoms. The number of nitro benzene ring substituents is 1. The summed E-state index contributed by atoms with van der Waals surface area (Å²) in [5, 5.41) is 34.2. The summed E-state index contributed by atoms with van der Waals surface area (Å²) in [4.78, 5) is 22.9. The SMILES string of the molecule is CC(C)[C@@H]1CC[C@@H](C)C[C@@]1(O)C(=O)NCCc1ccc(O)c([N+](=O)[O-])c1. The van der Waals surface area contributed by atoms with Crippen LogP contribution in [0.5, 0.6) is 5.75 Å². The molecule has 3 N–H and O–H groups in total. The Balaban J connectivity index is 2.01. The van der Waals surface area contributed by atoms with Crippen molar-refractivity contribution in [3.63, 3.8) is 0 Å². The fraction of sp³-hybridized carbons (Fsp3) is 0.632. The number of benzene rings is 1. The molecule has 7 heteroatoms. The molecule has 0 saturated heterocycles. The van der Waals surface area contributed by atoms with Gasteiger partial charge in [-0.15, -0.1) is 0 Å². The summed E-state index contributed by atoms with van der Waals surface area (Å²) in [6.45, 7) is 6.36. The van der Waals surface area contributed by atoms with Crippen molar-refractivity contribution in [3.8, 4) is 5.75 Å². The fourth-order valence-corrected chi connectivity index (χ4v) is 3.98. The zero-order valence-electron chi connectivity index (χ0n) is 15.6. The number of aliphatic hydroxyl groups is 1. The summed E-state index contributed by atoms with van der Waals surface area (Å²) in [5.74, 6) is -0.323. The van der Waals surface area contributed by atoms with Gasteiger partial charge < -0.3 is 15.5 Å². The largest absolute Gasteiger partial charge is 0.502 e. The van der Waals surface area contributed by atoms with Gasteiger partial charge in [0.15, 0.2) is 5.75 Å². The van der Waals surface area contributed by atoms with E-state index in [0.29, 0.717) is 24.3 Å². The molecular formula is C19H28N2O5. The molecule has 26 heavy (non-hydrogen) atoms. The van der Waals surface area contributed by atoms with E-state index in [9.17, 15) is 25.1 Å². The molecule has 1 fully saturated rings. The Hall–Kier alpha value is -2.15. The average Bonchev–Trinajstić information content (AvgIpc) is 2.55. The monoisotopic (exact) mass is 364 g/mol. The van der Waals surface area contributed by atoms with Crippen molar-refractivity contribution in [2.24, 2.45) is 17.8 Å². The van der Waals surface area contributed by atoms with Gasteiger partial charge in [0.05, 0.1) is 4.92 Å². The lowest BCUT2D eigenvalue weighted by Crippen LogP contribution is -2.56. The molecule has 0 heterocycles. The number of phenols is 1. The second-order valence-electron chi connectivity index (χ2n) is 7.75. The van der Waals surface area contributed by atoms with Crippen molar-refractivity contribution in [1.82, 2.24) is 5.32 Å². The molecule has 1 amide bonds. The van der Waals surface area contributed by atoms with Gasteiger partial charge in [0, 0.05) is 12.6 Å². The third-order valence-corrected chi connectivity index (χ3v) is 5.38. The first-order chi connectivity index (χ1) is 12.1. The normalized spacial score (nSPS) is 25.9. The molecule has 0 spiro atoms. The maximum atomic E-state index is 12.7. The Bertz CT molecular complexity index is 676. The molecule has 3 atom stereocenters. The predicted molar refractivity (Wildman–Crippen MR) is 97.8 cm³/mol. The van der Waals surface area contributed by atoms with E-state index in [2.05, 4.69) is 5.32 Å². The molecule has 1 aliphatic carbocycles. The van der Waals surface area contributed by atoms with Crippen molar-refractivity contribution in [2.75, 3.05) is 6.54 Å². The predicted octanol–water partition coefficient (Wildman–Crippen LogP) is 2.78. The van der Waals surface area contributed by atoms with Crippen molar-refractivity contribution >= 4 is 11.6 Å². The van der Waals surface area contributed by atoms with Crippen molar-refractivity contribution in [3.05, 3.63) is 33.9 Å². The Morgan fingerprint density at radius 3 is 2.73 bits per heavy atom. The zero-order chi connectivity index (χ0) is 19.5. The van der Waals surface area contributed by atoms with E-state index in [4.69, 9.17) is 0 Å². The molecule has 144 valence electrons. The van der Waals surface area contributed by atoms with E-state index in [1.54, 1.807) is 6.07 Å². The number of hydrogen-bond acceptors (Lipinski definition) is 5. The minimum absolute atomic E-state index is 0.0755. The van der Waals surface area contributed by atoms with Crippen LogP contribution in [0.2, 0.25) is 0 Å². The molecule has 1 saturated carbocycles. The minimum atomic E-state index is -1.37. The number of phenolic OH excluding ortho intramolecular Hbond substituents is 1. The van der Waals surface area contributed by atoms with Crippen LogP contribution < -0.4 is 5.32 Å². The Kier molecular flexibility index (Phi) is 6.23. The quantitative estimate of drug-likeness (QED) is 0.531. The van der Waals surface area contributed by atoms with Crippen molar-refractivity contribution < 1.29 is 19.9 Å². The molecular weight excluding hydrogens is 336 g/mol. The number of nitro groups is 1. The lowest BCUT2D eigenvalue weighted by atomic mass is 9.66. The van der Waals surface area contributed by atoms with E-state index < -0.39 is 10.5 Å². The third kappa shape index (κ3) is 4.33. The Morgan fingerprint density at radius 1 is 1.42 bits per heavy atom. The van der Waals surface area contributed by atoms with Crippen LogP contribution in [-0.4, -0.2) is 33.2 Å². The van der Waals surface area contributed by atoms with Gasteiger partial charge in [-0.25, -0.2) is 0 Å². The number of aromatic hydroxyl groups is 1. The zero-order valence-corrected chi connectivity index (χ0v) is 15.6. The number of nitrogens with zero attached hydrogens (tertiary/aromatic N) is 1. The van der Waals surface area contributed by atoms with Crippen LogP contribution in [0.1, 0.15) is 45.6 Å². The van der Waals surface area contributed by atoms with E-state index in [1.807, 2.05) is 20.8 Å². The highest BCUT2D eigenvalue weighted by Gasteiger charge is 2.48. The van der Waals surface area contributed by atoms with E-state index in [-0.39, 0.29) is 35.7 Å². The van der Waals surface area contributed by atoms with E-state index in [1.165, 1.54) is 12.1 Å². The van der Waals surface area contributed by atoms with Gasteiger partial charge in [0.25, 0.3) is 5.91 Å². The van der Waals surface area contributed by atoms with E-state index in [0.717, 1.165) is 12.8 Å². The third-order valence-electron chi connectivity index (χ3n) is 5.38. The molecule has 1 aromatic carbocycles. The number of rotatable bonds is 6. The molecule has 1 aliphatic rings. The molecule has 0 aliphatic heterocycles. The highest BCUT2D eigenvalue weighted by atomic mass is 16.6. The van der Waals surface area contributed by atoms with Gasteiger partial charge in [-0.05, 0) is 48.6 Å². The second-order valence-corrected chi connectivity index (χ2v) is 7.75. The number of nitrogens with one attached hydrogen (secondary N) is 1. The molecule has 1 aromatic rings. The second kappa shape index (κ2) is 8.03. The number of carbonyl (C=O) groups is 1. The van der Waals surface area contributed by atoms with Crippen LogP contribution >= 0.6 is 0 Å². The Labute approximate surface area is 153 Å². The lowest BCUT2D eigenvalue weighted by molar-refractivity contribution is -0.385. The van der Waals surface area contributed by atoms with Crippen LogP contribution in [0.4, 0.5) is 5.69 Å². The van der Waals surface area contributed by atoms with Gasteiger partial charge in [0.1, 0.15) is 5.60 Å². The average molecular weight is 364 g/mol. The van der Waals surface area contributed by atoms with Crippen LogP contribution in [0.3, 0.4) is 0 Å². The summed E-state index contributed by atoms with van der Waals surface area (Å²) >= 11 is 0. The van der Waals surface area contributed by atoms with Crippen molar-refractivity contribution in [2.45, 2.75) is 52.1 Å². The lowest BCUT2D eigenvalue weighted by Gasteiger charge is -2.43. The summed E-state index contributed by atoms with van der Waals surface area (Å²) in [7, 11) is 0.